The van der Waals surface area contributed by atoms with Crippen LogP contribution in [0.25, 0.3) is 11.4 Å². The van der Waals surface area contributed by atoms with Crippen LogP contribution in [-0.4, -0.2) is 31.2 Å². The van der Waals surface area contributed by atoms with Gasteiger partial charge in [-0.05, 0) is 38.5 Å². The van der Waals surface area contributed by atoms with Crippen LogP contribution < -0.4 is 5.32 Å². The molecule has 0 bridgehead atoms. The number of aromatic nitrogens is 5. The highest BCUT2D eigenvalue weighted by atomic mass is 15.1. The lowest BCUT2D eigenvalue weighted by Gasteiger charge is -2.15. The highest BCUT2D eigenvalue weighted by Crippen LogP contribution is 2.18. The SMILES string of the molecule is CCc1cc(NC(C)Cc2cc(C)[nH]n2)nc(-c2ccncc2)n1. The van der Waals surface area contributed by atoms with E-state index in [-0.39, 0.29) is 6.04 Å². The fourth-order valence-corrected chi connectivity index (χ4v) is 2.58. The minimum absolute atomic E-state index is 0.220. The molecule has 0 saturated carbocycles. The second kappa shape index (κ2) is 7.21. The average Bonchev–Trinajstić information content (AvgIpc) is 3.00. The average molecular weight is 322 g/mol. The Kier molecular flexibility index (Phi) is 4.84. The third-order valence-electron chi connectivity index (χ3n) is 3.75. The van der Waals surface area contributed by atoms with Crippen molar-refractivity contribution in [3.05, 3.63) is 53.7 Å². The molecule has 1 atom stereocenters. The lowest BCUT2D eigenvalue weighted by atomic mass is 10.1. The van der Waals surface area contributed by atoms with Gasteiger partial charge in [-0.15, -0.1) is 0 Å². The van der Waals surface area contributed by atoms with Gasteiger partial charge in [0.25, 0.3) is 0 Å². The fourth-order valence-electron chi connectivity index (χ4n) is 2.58. The van der Waals surface area contributed by atoms with E-state index in [9.17, 15) is 0 Å². The molecular weight excluding hydrogens is 300 g/mol. The number of aromatic amines is 1. The topological polar surface area (TPSA) is 79.4 Å². The van der Waals surface area contributed by atoms with E-state index in [1.165, 1.54) is 0 Å². The molecule has 0 fully saturated rings. The Morgan fingerprint density at radius 1 is 1.12 bits per heavy atom. The van der Waals surface area contributed by atoms with Crippen LogP contribution in [-0.2, 0) is 12.8 Å². The zero-order valence-electron chi connectivity index (χ0n) is 14.2. The molecule has 2 N–H and O–H groups in total. The van der Waals surface area contributed by atoms with Gasteiger partial charge in [0.2, 0.25) is 0 Å². The first-order valence-corrected chi connectivity index (χ1v) is 8.20. The van der Waals surface area contributed by atoms with E-state index in [2.05, 4.69) is 50.4 Å². The predicted molar refractivity (Wildman–Crippen MR) is 94.8 cm³/mol. The van der Waals surface area contributed by atoms with Gasteiger partial charge in [0, 0.05) is 47.9 Å². The maximum absolute atomic E-state index is 4.66. The third kappa shape index (κ3) is 3.95. The van der Waals surface area contributed by atoms with Crippen LogP contribution in [0.4, 0.5) is 5.82 Å². The zero-order valence-corrected chi connectivity index (χ0v) is 14.2. The number of nitrogens with zero attached hydrogens (tertiary/aromatic N) is 4. The van der Waals surface area contributed by atoms with Crippen LogP contribution in [0, 0.1) is 6.92 Å². The van der Waals surface area contributed by atoms with E-state index in [1.807, 2.05) is 25.1 Å². The summed E-state index contributed by atoms with van der Waals surface area (Å²) >= 11 is 0. The first kappa shape index (κ1) is 16.1. The molecule has 3 heterocycles. The number of pyridine rings is 1. The van der Waals surface area contributed by atoms with Crippen molar-refractivity contribution in [3.8, 4) is 11.4 Å². The van der Waals surface area contributed by atoms with Gasteiger partial charge >= 0.3 is 0 Å². The number of H-pyrrole nitrogens is 1. The molecule has 0 amide bonds. The third-order valence-corrected chi connectivity index (χ3v) is 3.75. The largest absolute Gasteiger partial charge is 0.367 e. The Labute approximate surface area is 141 Å². The van der Waals surface area contributed by atoms with Gasteiger partial charge in [-0.1, -0.05) is 6.92 Å². The van der Waals surface area contributed by atoms with E-state index in [0.29, 0.717) is 0 Å². The predicted octanol–water partition coefficient (Wildman–Crippen LogP) is 3.18. The van der Waals surface area contributed by atoms with Crippen LogP contribution in [0.2, 0.25) is 0 Å². The molecule has 0 aromatic carbocycles. The Balaban J connectivity index is 1.79. The molecule has 0 radical (unpaired) electrons. The van der Waals surface area contributed by atoms with Crippen LogP contribution in [0.3, 0.4) is 0 Å². The molecule has 3 rings (SSSR count). The van der Waals surface area contributed by atoms with Crippen molar-refractivity contribution in [1.29, 1.82) is 0 Å². The number of hydrogen-bond donors (Lipinski definition) is 2. The molecule has 6 heteroatoms. The molecule has 3 aromatic heterocycles. The van der Waals surface area contributed by atoms with Gasteiger partial charge in [-0.2, -0.15) is 5.10 Å². The summed E-state index contributed by atoms with van der Waals surface area (Å²) < 4.78 is 0. The lowest BCUT2D eigenvalue weighted by molar-refractivity contribution is 0.759. The Bertz CT molecular complexity index is 796. The molecule has 0 aliphatic carbocycles. The second-order valence-electron chi connectivity index (χ2n) is 5.95. The quantitative estimate of drug-likeness (QED) is 0.728. The van der Waals surface area contributed by atoms with Crippen molar-refractivity contribution in [3.63, 3.8) is 0 Å². The van der Waals surface area contributed by atoms with E-state index < -0.39 is 0 Å². The number of nitrogens with one attached hydrogen (secondary N) is 2. The Morgan fingerprint density at radius 3 is 2.58 bits per heavy atom. The Hall–Kier alpha value is -2.76. The maximum Gasteiger partial charge on any atom is 0.161 e. The first-order chi connectivity index (χ1) is 11.6. The van der Waals surface area contributed by atoms with E-state index >= 15 is 0 Å². The molecule has 1 unspecified atom stereocenters. The molecule has 0 spiro atoms. The van der Waals surface area contributed by atoms with Crippen molar-refractivity contribution in [2.75, 3.05) is 5.32 Å². The summed E-state index contributed by atoms with van der Waals surface area (Å²) in [6.07, 6.45) is 5.21. The van der Waals surface area contributed by atoms with Crippen LogP contribution in [0.15, 0.2) is 36.7 Å². The summed E-state index contributed by atoms with van der Waals surface area (Å²) in [5.74, 6) is 1.57. The van der Waals surface area contributed by atoms with Gasteiger partial charge in [-0.25, -0.2) is 9.97 Å². The van der Waals surface area contributed by atoms with Gasteiger partial charge < -0.3 is 5.32 Å². The number of hydrogen-bond acceptors (Lipinski definition) is 5. The molecule has 0 aliphatic rings. The number of aryl methyl sites for hydroxylation is 2. The smallest absolute Gasteiger partial charge is 0.161 e. The van der Waals surface area contributed by atoms with Crippen molar-refractivity contribution in [2.45, 2.75) is 39.7 Å². The van der Waals surface area contributed by atoms with E-state index in [1.54, 1.807) is 12.4 Å². The summed E-state index contributed by atoms with van der Waals surface area (Å²) in [7, 11) is 0. The maximum atomic E-state index is 4.66. The minimum atomic E-state index is 0.220. The standard InChI is InChI=1S/C18H22N6/c1-4-15-11-17(20-12(2)9-16-10-13(3)23-24-16)22-18(21-15)14-5-7-19-8-6-14/h5-8,10-12H,4,9H2,1-3H3,(H,23,24)(H,20,21,22). The summed E-state index contributed by atoms with van der Waals surface area (Å²) in [4.78, 5) is 13.3. The first-order valence-electron chi connectivity index (χ1n) is 8.20. The zero-order chi connectivity index (χ0) is 16.9. The summed E-state index contributed by atoms with van der Waals surface area (Å²) in [6, 6.07) is 8.15. The van der Waals surface area contributed by atoms with E-state index in [4.69, 9.17) is 0 Å². The summed E-state index contributed by atoms with van der Waals surface area (Å²) in [6.45, 7) is 6.23. The van der Waals surface area contributed by atoms with Crippen LogP contribution in [0.5, 0.6) is 0 Å². The highest BCUT2D eigenvalue weighted by Gasteiger charge is 2.10. The molecule has 6 nitrogen and oxygen atoms in total. The van der Waals surface area contributed by atoms with Crippen molar-refractivity contribution in [1.82, 2.24) is 25.1 Å². The second-order valence-corrected chi connectivity index (χ2v) is 5.95. The summed E-state index contributed by atoms with van der Waals surface area (Å²) in [5.41, 5.74) is 4.11. The van der Waals surface area contributed by atoms with E-state index in [0.717, 1.165) is 47.1 Å². The van der Waals surface area contributed by atoms with Crippen molar-refractivity contribution >= 4 is 5.82 Å². The monoisotopic (exact) mass is 322 g/mol. The Morgan fingerprint density at radius 2 is 1.92 bits per heavy atom. The molecule has 0 aliphatic heterocycles. The number of anilines is 1. The molecule has 0 saturated heterocycles. The van der Waals surface area contributed by atoms with Gasteiger partial charge in [0.1, 0.15) is 5.82 Å². The summed E-state index contributed by atoms with van der Waals surface area (Å²) in [5, 5.41) is 10.7. The van der Waals surface area contributed by atoms with Gasteiger partial charge in [0.05, 0.1) is 5.69 Å². The normalized spacial score (nSPS) is 12.1. The van der Waals surface area contributed by atoms with Crippen LogP contribution in [0.1, 0.15) is 30.9 Å². The fraction of sp³-hybridized carbons (Fsp3) is 0.333. The van der Waals surface area contributed by atoms with Crippen LogP contribution >= 0.6 is 0 Å². The van der Waals surface area contributed by atoms with Gasteiger partial charge in [-0.3, -0.25) is 10.1 Å². The molecule has 24 heavy (non-hydrogen) atoms. The molecule has 3 aromatic rings. The van der Waals surface area contributed by atoms with Crippen molar-refractivity contribution < 1.29 is 0 Å². The minimum Gasteiger partial charge on any atom is -0.367 e. The highest BCUT2D eigenvalue weighted by molar-refractivity contribution is 5.56. The number of rotatable bonds is 6. The van der Waals surface area contributed by atoms with Crippen molar-refractivity contribution in [2.24, 2.45) is 0 Å². The van der Waals surface area contributed by atoms with Gasteiger partial charge in [0.15, 0.2) is 5.82 Å². The molecular formula is C18H22N6. The molecule has 124 valence electrons. The lowest BCUT2D eigenvalue weighted by Crippen LogP contribution is -2.19.